The summed E-state index contributed by atoms with van der Waals surface area (Å²) in [6.07, 6.45) is -1.94. The Hall–Kier alpha value is -1.92. The van der Waals surface area contributed by atoms with Gasteiger partial charge in [-0.15, -0.1) is 0 Å². The minimum atomic E-state index is -4.45. The van der Waals surface area contributed by atoms with Crippen molar-refractivity contribution in [3.8, 4) is 5.82 Å². The number of nitrogens with zero attached hydrogens (tertiary/aromatic N) is 4. The fourth-order valence-corrected chi connectivity index (χ4v) is 1.04. The molecular formula is C8H5F3N4. The van der Waals surface area contributed by atoms with Crippen LogP contribution in [0.15, 0.2) is 30.9 Å². The van der Waals surface area contributed by atoms with Crippen LogP contribution in [0, 0.1) is 0 Å². The first-order valence-electron chi connectivity index (χ1n) is 3.96. The summed E-state index contributed by atoms with van der Waals surface area (Å²) in [5.41, 5.74) is -0.949. The van der Waals surface area contributed by atoms with Crippen molar-refractivity contribution in [2.45, 2.75) is 6.18 Å². The molecule has 15 heavy (non-hydrogen) atoms. The zero-order chi connectivity index (χ0) is 10.9. The van der Waals surface area contributed by atoms with Gasteiger partial charge in [0.05, 0.1) is 0 Å². The third-order valence-corrected chi connectivity index (χ3v) is 1.68. The van der Waals surface area contributed by atoms with Crippen LogP contribution in [0.2, 0.25) is 0 Å². The third kappa shape index (κ3) is 1.95. The summed E-state index contributed by atoms with van der Waals surface area (Å²) in [5, 5.41) is 3.69. The summed E-state index contributed by atoms with van der Waals surface area (Å²) in [7, 11) is 0. The Bertz CT molecular complexity index is 449. The van der Waals surface area contributed by atoms with E-state index in [2.05, 4.69) is 15.1 Å². The molecule has 0 radical (unpaired) electrons. The first-order chi connectivity index (χ1) is 7.07. The highest BCUT2D eigenvalue weighted by Gasteiger charge is 2.32. The van der Waals surface area contributed by atoms with Crippen molar-refractivity contribution in [1.29, 1.82) is 0 Å². The second kappa shape index (κ2) is 3.34. The fourth-order valence-electron chi connectivity index (χ4n) is 1.04. The quantitative estimate of drug-likeness (QED) is 0.725. The lowest BCUT2D eigenvalue weighted by Gasteiger charge is -2.06. The van der Waals surface area contributed by atoms with E-state index < -0.39 is 11.9 Å². The van der Waals surface area contributed by atoms with E-state index >= 15 is 0 Å². The van der Waals surface area contributed by atoms with Crippen LogP contribution in [0.1, 0.15) is 5.69 Å². The van der Waals surface area contributed by atoms with E-state index in [-0.39, 0.29) is 5.82 Å². The minimum absolute atomic E-state index is 0.0855. The summed E-state index contributed by atoms with van der Waals surface area (Å²) in [6.45, 7) is 0. The lowest BCUT2D eigenvalue weighted by atomic mass is 10.3. The number of aromatic nitrogens is 4. The Morgan fingerprint density at radius 2 is 2.00 bits per heavy atom. The maximum absolute atomic E-state index is 12.3. The predicted octanol–water partition coefficient (Wildman–Crippen LogP) is 1.68. The average molecular weight is 214 g/mol. The number of pyridine rings is 1. The highest BCUT2D eigenvalue weighted by atomic mass is 19.4. The lowest BCUT2D eigenvalue weighted by molar-refractivity contribution is -0.141. The van der Waals surface area contributed by atoms with Gasteiger partial charge in [0.15, 0.2) is 5.82 Å². The van der Waals surface area contributed by atoms with Crippen molar-refractivity contribution in [3.63, 3.8) is 0 Å². The average Bonchev–Trinajstić information content (AvgIpc) is 2.69. The molecule has 2 heterocycles. The summed E-state index contributed by atoms with van der Waals surface area (Å²) in [4.78, 5) is 7.04. The SMILES string of the molecule is FC(F)(F)c1cccc(-n2cncn2)n1. The molecule has 0 aromatic carbocycles. The Kier molecular flexibility index (Phi) is 2.14. The Labute approximate surface area is 82.4 Å². The number of hydrogen-bond donors (Lipinski definition) is 0. The molecule has 0 N–H and O–H groups in total. The van der Waals surface area contributed by atoms with Gasteiger partial charge in [-0.05, 0) is 12.1 Å². The smallest absolute Gasteiger partial charge is 0.224 e. The highest BCUT2D eigenvalue weighted by molar-refractivity contribution is 5.23. The Morgan fingerprint density at radius 3 is 2.60 bits per heavy atom. The molecule has 0 atom stereocenters. The molecule has 0 aliphatic rings. The number of hydrogen-bond acceptors (Lipinski definition) is 3. The molecule has 0 amide bonds. The van der Waals surface area contributed by atoms with Gasteiger partial charge in [-0.3, -0.25) is 0 Å². The van der Waals surface area contributed by atoms with Crippen LogP contribution in [0.3, 0.4) is 0 Å². The molecule has 0 saturated heterocycles. The van der Waals surface area contributed by atoms with Gasteiger partial charge in [-0.2, -0.15) is 18.3 Å². The van der Waals surface area contributed by atoms with Crippen molar-refractivity contribution >= 4 is 0 Å². The highest BCUT2D eigenvalue weighted by Crippen LogP contribution is 2.27. The summed E-state index contributed by atoms with van der Waals surface area (Å²) in [5.74, 6) is 0.0855. The Balaban J connectivity index is 2.44. The Morgan fingerprint density at radius 1 is 1.20 bits per heavy atom. The molecule has 0 saturated carbocycles. The van der Waals surface area contributed by atoms with Gasteiger partial charge < -0.3 is 0 Å². The molecule has 2 aromatic heterocycles. The van der Waals surface area contributed by atoms with Crippen LogP contribution < -0.4 is 0 Å². The van der Waals surface area contributed by atoms with Gasteiger partial charge in [0.1, 0.15) is 18.3 Å². The van der Waals surface area contributed by atoms with Crippen molar-refractivity contribution in [1.82, 2.24) is 19.7 Å². The molecular weight excluding hydrogens is 209 g/mol. The first kappa shape index (κ1) is 9.63. The molecule has 4 nitrogen and oxygen atoms in total. The number of alkyl halides is 3. The van der Waals surface area contributed by atoms with Gasteiger partial charge in [0, 0.05) is 0 Å². The van der Waals surface area contributed by atoms with Crippen LogP contribution in [-0.2, 0) is 6.18 Å². The van der Waals surface area contributed by atoms with Crippen LogP contribution in [-0.4, -0.2) is 19.7 Å². The zero-order valence-corrected chi connectivity index (χ0v) is 7.31. The van der Waals surface area contributed by atoms with E-state index in [0.717, 1.165) is 10.7 Å². The monoisotopic (exact) mass is 214 g/mol. The first-order valence-corrected chi connectivity index (χ1v) is 3.96. The molecule has 2 aromatic rings. The van der Waals surface area contributed by atoms with Crippen LogP contribution >= 0.6 is 0 Å². The topological polar surface area (TPSA) is 43.6 Å². The summed E-state index contributed by atoms with van der Waals surface area (Å²) < 4.78 is 38.1. The summed E-state index contributed by atoms with van der Waals surface area (Å²) in [6, 6.07) is 3.59. The molecule has 0 bridgehead atoms. The van der Waals surface area contributed by atoms with Gasteiger partial charge in [-0.1, -0.05) is 6.07 Å². The van der Waals surface area contributed by atoms with E-state index in [0.29, 0.717) is 0 Å². The molecule has 0 fully saturated rings. The molecule has 2 rings (SSSR count). The van der Waals surface area contributed by atoms with Gasteiger partial charge in [0.2, 0.25) is 0 Å². The summed E-state index contributed by atoms with van der Waals surface area (Å²) >= 11 is 0. The molecule has 0 unspecified atom stereocenters. The number of rotatable bonds is 1. The van der Waals surface area contributed by atoms with E-state index in [1.165, 1.54) is 24.8 Å². The zero-order valence-electron chi connectivity index (χ0n) is 7.31. The largest absolute Gasteiger partial charge is 0.433 e. The van der Waals surface area contributed by atoms with Crippen molar-refractivity contribution in [2.75, 3.05) is 0 Å². The van der Waals surface area contributed by atoms with E-state index in [9.17, 15) is 13.2 Å². The van der Waals surface area contributed by atoms with Crippen molar-refractivity contribution in [3.05, 3.63) is 36.5 Å². The maximum atomic E-state index is 12.3. The third-order valence-electron chi connectivity index (χ3n) is 1.68. The van der Waals surface area contributed by atoms with E-state index in [4.69, 9.17) is 0 Å². The maximum Gasteiger partial charge on any atom is 0.433 e. The van der Waals surface area contributed by atoms with E-state index in [1.54, 1.807) is 0 Å². The standard InChI is InChI=1S/C8H5F3N4/c9-8(10,11)6-2-1-3-7(14-6)15-5-12-4-13-15/h1-5H. The van der Waals surface area contributed by atoms with Crippen LogP contribution in [0.25, 0.3) is 5.82 Å². The van der Waals surface area contributed by atoms with Crippen LogP contribution in [0.4, 0.5) is 13.2 Å². The second-order valence-corrected chi connectivity index (χ2v) is 2.72. The second-order valence-electron chi connectivity index (χ2n) is 2.72. The molecule has 0 spiro atoms. The van der Waals surface area contributed by atoms with Crippen molar-refractivity contribution < 1.29 is 13.2 Å². The molecule has 78 valence electrons. The van der Waals surface area contributed by atoms with Gasteiger partial charge in [-0.25, -0.2) is 14.6 Å². The van der Waals surface area contributed by atoms with Crippen molar-refractivity contribution in [2.24, 2.45) is 0 Å². The van der Waals surface area contributed by atoms with Gasteiger partial charge in [0.25, 0.3) is 0 Å². The number of halogens is 3. The molecule has 0 aliphatic heterocycles. The molecule has 7 heteroatoms. The van der Waals surface area contributed by atoms with Gasteiger partial charge >= 0.3 is 6.18 Å². The minimum Gasteiger partial charge on any atom is -0.224 e. The molecule has 0 aliphatic carbocycles. The predicted molar refractivity (Wildman–Crippen MR) is 44.2 cm³/mol. The normalized spacial score (nSPS) is 11.7. The van der Waals surface area contributed by atoms with Crippen LogP contribution in [0.5, 0.6) is 0 Å². The van der Waals surface area contributed by atoms with E-state index in [1.807, 2.05) is 0 Å². The fraction of sp³-hybridized carbons (Fsp3) is 0.125. The lowest BCUT2D eigenvalue weighted by Crippen LogP contribution is -2.10.